The molecule has 0 spiro atoms. The molecule has 0 radical (unpaired) electrons. The van der Waals surface area contributed by atoms with E-state index in [0.717, 1.165) is 13.2 Å². The molecule has 0 aromatic heterocycles. The maximum atomic E-state index is 12.5. The number of nitro benzene ring substituents is 1. The van der Waals surface area contributed by atoms with Crippen LogP contribution in [0.1, 0.15) is 35.2 Å². The van der Waals surface area contributed by atoms with Gasteiger partial charge >= 0.3 is 5.97 Å². The Bertz CT molecular complexity index is 1060. The van der Waals surface area contributed by atoms with Gasteiger partial charge in [-0.2, -0.15) is 5.26 Å². The number of carbonyl (C=O) groups is 3. The molecule has 0 saturated carbocycles. The second-order valence-corrected chi connectivity index (χ2v) is 6.42. The predicted octanol–water partition coefficient (Wildman–Crippen LogP) is 4.01. The maximum Gasteiger partial charge on any atom is 0.313 e. The Morgan fingerprint density at radius 1 is 1.17 bits per heavy atom. The Morgan fingerprint density at radius 2 is 1.90 bits per heavy atom. The summed E-state index contributed by atoms with van der Waals surface area (Å²) >= 11 is 6.05. The van der Waals surface area contributed by atoms with Gasteiger partial charge in [0, 0.05) is 18.9 Å². The molecular formula is C20H15ClN2O7. The van der Waals surface area contributed by atoms with Gasteiger partial charge in [0.25, 0.3) is 5.69 Å². The first-order valence-electron chi connectivity index (χ1n) is 8.52. The maximum absolute atomic E-state index is 12.5. The average molecular weight is 431 g/mol. The Morgan fingerprint density at radius 3 is 2.50 bits per heavy atom. The number of hydrogen-bond donors (Lipinski definition) is 0. The first-order chi connectivity index (χ1) is 14.2. The van der Waals surface area contributed by atoms with Gasteiger partial charge in [0.15, 0.2) is 5.78 Å². The van der Waals surface area contributed by atoms with E-state index in [1.807, 2.05) is 6.07 Å². The summed E-state index contributed by atoms with van der Waals surface area (Å²) in [6, 6.07) is 9.83. The number of Topliss-reactive ketones (excluding diaryl/α,β-unsaturated/α-hetero) is 2. The van der Waals surface area contributed by atoms with Crippen molar-refractivity contribution in [3.05, 3.63) is 62.7 Å². The van der Waals surface area contributed by atoms with Crippen LogP contribution in [0.15, 0.2) is 36.4 Å². The van der Waals surface area contributed by atoms with Gasteiger partial charge in [-0.25, -0.2) is 0 Å². The molecule has 9 nitrogen and oxygen atoms in total. The number of rotatable bonds is 9. The van der Waals surface area contributed by atoms with Crippen molar-refractivity contribution in [1.29, 1.82) is 5.26 Å². The highest BCUT2D eigenvalue weighted by Gasteiger charge is 2.22. The minimum atomic E-state index is -0.729. The molecule has 0 aliphatic carbocycles. The highest BCUT2D eigenvalue weighted by molar-refractivity contribution is 6.32. The number of hydrogen-bond acceptors (Lipinski definition) is 8. The number of halogens is 1. The molecule has 0 atom stereocenters. The van der Waals surface area contributed by atoms with E-state index >= 15 is 0 Å². The molecule has 0 N–H and O–H groups in total. The first kappa shape index (κ1) is 22.5. The highest BCUT2D eigenvalue weighted by Crippen LogP contribution is 2.33. The van der Waals surface area contributed by atoms with Crippen LogP contribution in [0.4, 0.5) is 5.69 Å². The third-order valence-corrected chi connectivity index (χ3v) is 4.25. The van der Waals surface area contributed by atoms with Crippen molar-refractivity contribution in [1.82, 2.24) is 0 Å². The molecule has 0 aliphatic heterocycles. The van der Waals surface area contributed by atoms with Crippen LogP contribution in [0.25, 0.3) is 0 Å². The Hall–Kier alpha value is -3.77. The minimum absolute atomic E-state index is 0.108. The summed E-state index contributed by atoms with van der Waals surface area (Å²) in [6.07, 6.45) is -1.07. The molecule has 2 aromatic rings. The predicted molar refractivity (Wildman–Crippen MR) is 105 cm³/mol. The fourth-order valence-corrected chi connectivity index (χ4v) is 2.67. The van der Waals surface area contributed by atoms with Crippen molar-refractivity contribution in [2.45, 2.75) is 19.3 Å². The topological polar surface area (TPSA) is 137 Å². The lowest BCUT2D eigenvalue weighted by Crippen LogP contribution is -2.12. The summed E-state index contributed by atoms with van der Waals surface area (Å²) in [5.74, 6) is -1.60. The van der Waals surface area contributed by atoms with E-state index in [2.05, 4.69) is 4.74 Å². The molecule has 10 heteroatoms. The number of benzene rings is 2. The molecule has 0 bridgehead atoms. The largest absolute Gasteiger partial charge is 0.469 e. The lowest BCUT2D eigenvalue weighted by molar-refractivity contribution is -0.385. The number of ether oxygens (including phenoxy) is 2. The van der Waals surface area contributed by atoms with Crippen molar-refractivity contribution < 1.29 is 28.8 Å². The lowest BCUT2D eigenvalue weighted by atomic mass is 10.0. The van der Waals surface area contributed by atoms with E-state index in [9.17, 15) is 24.5 Å². The van der Waals surface area contributed by atoms with Crippen LogP contribution >= 0.6 is 11.6 Å². The van der Waals surface area contributed by atoms with E-state index in [-0.39, 0.29) is 34.9 Å². The number of nitriles is 1. The van der Waals surface area contributed by atoms with Crippen molar-refractivity contribution in [2.24, 2.45) is 0 Å². The van der Waals surface area contributed by atoms with E-state index in [4.69, 9.17) is 21.6 Å². The second kappa shape index (κ2) is 10.1. The summed E-state index contributed by atoms with van der Waals surface area (Å²) in [4.78, 5) is 45.9. The zero-order valence-corrected chi connectivity index (χ0v) is 16.5. The third-order valence-electron chi connectivity index (χ3n) is 3.95. The van der Waals surface area contributed by atoms with Gasteiger partial charge in [0.2, 0.25) is 0 Å². The van der Waals surface area contributed by atoms with Crippen LogP contribution < -0.4 is 4.74 Å². The Kier molecular flexibility index (Phi) is 7.61. The van der Waals surface area contributed by atoms with Crippen molar-refractivity contribution in [2.75, 3.05) is 7.11 Å². The van der Waals surface area contributed by atoms with Crippen LogP contribution in [0.5, 0.6) is 11.5 Å². The molecule has 0 amide bonds. The van der Waals surface area contributed by atoms with Gasteiger partial charge in [-0.3, -0.25) is 24.5 Å². The number of carbonyl (C=O) groups excluding carboxylic acids is 3. The zero-order chi connectivity index (χ0) is 22.3. The summed E-state index contributed by atoms with van der Waals surface area (Å²) < 4.78 is 9.96. The fourth-order valence-electron chi connectivity index (χ4n) is 2.45. The van der Waals surface area contributed by atoms with E-state index in [1.165, 1.54) is 30.3 Å². The molecule has 0 aliphatic rings. The number of methoxy groups -OCH3 is 1. The van der Waals surface area contributed by atoms with Crippen LogP contribution in [-0.4, -0.2) is 29.6 Å². The van der Waals surface area contributed by atoms with Crippen LogP contribution in [0.3, 0.4) is 0 Å². The molecule has 154 valence electrons. The SMILES string of the molecule is COC(=O)CC(=O)CCC(=O)c1cc(Oc2ccc(C#N)cc2Cl)ccc1[N+](=O)[O-]. The monoisotopic (exact) mass is 430 g/mol. The first-order valence-corrected chi connectivity index (χ1v) is 8.90. The quantitative estimate of drug-likeness (QED) is 0.191. The minimum Gasteiger partial charge on any atom is -0.469 e. The lowest BCUT2D eigenvalue weighted by Gasteiger charge is -2.09. The van der Waals surface area contributed by atoms with Gasteiger partial charge in [0.1, 0.15) is 23.7 Å². The average Bonchev–Trinajstić information content (AvgIpc) is 2.73. The molecule has 2 rings (SSSR count). The van der Waals surface area contributed by atoms with Crippen molar-refractivity contribution in [3.8, 4) is 17.6 Å². The number of nitro groups is 1. The molecule has 2 aromatic carbocycles. The molecule has 0 unspecified atom stereocenters. The summed E-state index contributed by atoms with van der Waals surface area (Å²) in [5, 5.41) is 20.3. The standard InChI is InChI=1S/C20H15ClN2O7/c1-29-20(26)9-13(24)3-6-18(25)15-10-14(4-5-17(15)23(27)28)30-19-7-2-12(11-22)8-16(19)21/h2,4-5,7-8,10H,3,6,9H2,1H3. The summed E-state index contributed by atoms with van der Waals surface area (Å²) in [7, 11) is 1.13. The Labute approximate surface area is 175 Å². The third kappa shape index (κ3) is 5.86. The van der Waals surface area contributed by atoms with Crippen molar-refractivity contribution >= 4 is 34.8 Å². The van der Waals surface area contributed by atoms with Crippen molar-refractivity contribution in [3.63, 3.8) is 0 Å². The van der Waals surface area contributed by atoms with Gasteiger partial charge < -0.3 is 9.47 Å². The molecule has 0 heterocycles. The molecular weight excluding hydrogens is 416 g/mol. The van der Waals surface area contributed by atoms with E-state index in [1.54, 1.807) is 0 Å². The van der Waals surface area contributed by atoms with Gasteiger partial charge in [0.05, 0.1) is 34.3 Å². The fraction of sp³-hybridized carbons (Fsp3) is 0.200. The zero-order valence-electron chi connectivity index (χ0n) is 15.7. The van der Waals surface area contributed by atoms with E-state index < -0.39 is 34.6 Å². The van der Waals surface area contributed by atoms with E-state index in [0.29, 0.717) is 5.56 Å². The van der Waals surface area contributed by atoms with Crippen LogP contribution in [-0.2, 0) is 14.3 Å². The summed E-state index contributed by atoms with van der Waals surface area (Å²) in [5.41, 5.74) is -0.365. The normalized spacial score (nSPS) is 10.0. The molecule has 30 heavy (non-hydrogen) atoms. The van der Waals surface area contributed by atoms with Gasteiger partial charge in [-0.15, -0.1) is 0 Å². The number of ketones is 2. The van der Waals surface area contributed by atoms with Crippen LogP contribution in [0.2, 0.25) is 5.02 Å². The smallest absolute Gasteiger partial charge is 0.313 e. The Balaban J connectivity index is 2.22. The van der Waals surface area contributed by atoms with Gasteiger partial charge in [-0.1, -0.05) is 11.6 Å². The molecule has 0 fully saturated rings. The van der Waals surface area contributed by atoms with Gasteiger partial charge in [-0.05, 0) is 30.3 Å². The van der Waals surface area contributed by atoms with Crippen LogP contribution in [0, 0.1) is 21.4 Å². The summed E-state index contributed by atoms with van der Waals surface area (Å²) in [6.45, 7) is 0. The number of nitrogens with zero attached hydrogens (tertiary/aromatic N) is 2. The molecule has 0 saturated heterocycles. The highest BCUT2D eigenvalue weighted by atomic mass is 35.5. The second-order valence-electron chi connectivity index (χ2n) is 6.01. The number of esters is 1.